The van der Waals surface area contributed by atoms with E-state index in [1.54, 1.807) is 11.3 Å². The van der Waals surface area contributed by atoms with Crippen LogP contribution >= 0.6 is 11.3 Å². The summed E-state index contributed by atoms with van der Waals surface area (Å²) < 4.78 is 0. The molecule has 96 valence electrons. The predicted molar refractivity (Wildman–Crippen MR) is 72.6 cm³/mol. The van der Waals surface area contributed by atoms with Crippen LogP contribution in [0, 0.1) is 6.92 Å². The van der Waals surface area contributed by atoms with E-state index in [0.29, 0.717) is 12.2 Å². The van der Waals surface area contributed by atoms with E-state index in [1.165, 1.54) is 0 Å². The Kier molecular flexibility index (Phi) is 3.30. The lowest BCUT2D eigenvalue weighted by Crippen LogP contribution is -2.19. The quantitative estimate of drug-likeness (QED) is 0.897. The van der Waals surface area contributed by atoms with Gasteiger partial charge in [0.05, 0.1) is 17.1 Å². The minimum atomic E-state index is -0.135. The van der Waals surface area contributed by atoms with Crippen LogP contribution in [0.5, 0.6) is 0 Å². The van der Waals surface area contributed by atoms with E-state index in [4.69, 9.17) is 5.73 Å². The Morgan fingerprint density at radius 1 is 1.17 bits per heavy atom. The molecule has 0 fully saturated rings. The molecule has 2 aromatic heterocycles. The molecule has 0 aromatic carbocycles. The summed E-state index contributed by atoms with van der Waals surface area (Å²) in [6.45, 7) is 8.14. The van der Waals surface area contributed by atoms with Crippen LogP contribution in [-0.4, -0.2) is 19.9 Å². The van der Waals surface area contributed by atoms with Gasteiger partial charge in [0, 0.05) is 10.8 Å². The number of hydrogen-bond donors (Lipinski definition) is 1. The summed E-state index contributed by atoms with van der Waals surface area (Å²) in [6, 6.07) is 0. The molecule has 0 aliphatic heterocycles. The van der Waals surface area contributed by atoms with Crippen LogP contribution in [-0.2, 0) is 11.8 Å². The summed E-state index contributed by atoms with van der Waals surface area (Å²) in [4.78, 5) is 17.2. The third-order valence-electron chi connectivity index (χ3n) is 2.38. The van der Waals surface area contributed by atoms with Gasteiger partial charge in [-0.2, -0.15) is 9.97 Å². The van der Waals surface area contributed by atoms with Crippen molar-refractivity contribution in [2.45, 2.75) is 39.5 Å². The Hall–Kier alpha value is -1.56. The van der Waals surface area contributed by atoms with Crippen LogP contribution in [0.2, 0.25) is 0 Å². The summed E-state index contributed by atoms with van der Waals surface area (Å²) >= 11 is 1.62. The smallest absolute Gasteiger partial charge is 0.223 e. The van der Waals surface area contributed by atoms with Crippen molar-refractivity contribution in [2.24, 2.45) is 0 Å². The highest BCUT2D eigenvalue weighted by Gasteiger charge is 2.19. The lowest BCUT2D eigenvalue weighted by molar-refractivity contribution is 0.538. The van der Waals surface area contributed by atoms with E-state index >= 15 is 0 Å². The SMILES string of the molecule is Cc1nc(Cc2nc(N)nc(C(C)(C)C)n2)cs1. The molecular formula is C12H17N5S. The molecule has 0 saturated heterocycles. The number of nitrogens with zero attached hydrogens (tertiary/aromatic N) is 4. The van der Waals surface area contributed by atoms with E-state index in [2.05, 4.69) is 40.7 Å². The molecule has 5 nitrogen and oxygen atoms in total. The van der Waals surface area contributed by atoms with Gasteiger partial charge in [-0.25, -0.2) is 9.97 Å². The van der Waals surface area contributed by atoms with Gasteiger partial charge in [0.25, 0.3) is 0 Å². The molecule has 0 aliphatic carbocycles. The zero-order chi connectivity index (χ0) is 13.3. The summed E-state index contributed by atoms with van der Waals surface area (Å²) in [5.74, 6) is 1.67. The maximum Gasteiger partial charge on any atom is 0.223 e. The van der Waals surface area contributed by atoms with Crippen LogP contribution in [0.1, 0.15) is 43.1 Å². The van der Waals surface area contributed by atoms with Gasteiger partial charge in [-0.05, 0) is 6.92 Å². The Bertz CT molecular complexity index is 556. The summed E-state index contributed by atoms with van der Waals surface area (Å²) in [7, 11) is 0. The second kappa shape index (κ2) is 4.61. The standard InChI is InChI=1S/C12H17N5S/c1-7-14-8(6-18-7)5-9-15-10(12(2,3)4)17-11(13)16-9/h6H,5H2,1-4H3,(H2,13,15,16,17). The number of nitrogen functional groups attached to an aromatic ring is 1. The van der Waals surface area contributed by atoms with Crippen LogP contribution in [0.4, 0.5) is 5.95 Å². The molecular weight excluding hydrogens is 246 g/mol. The number of aromatic nitrogens is 4. The van der Waals surface area contributed by atoms with Gasteiger partial charge in [-0.1, -0.05) is 20.8 Å². The fourth-order valence-corrected chi connectivity index (χ4v) is 2.12. The maximum atomic E-state index is 5.73. The summed E-state index contributed by atoms with van der Waals surface area (Å²) in [5.41, 5.74) is 6.57. The second-order valence-electron chi connectivity index (χ2n) is 5.22. The van der Waals surface area contributed by atoms with Crippen LogP contribution < -0.4 is 5.73 Å². The first kappa shape index (κ1) is 12.9. The van der Waals surface area contributed by atoms with E-state index in [1.807, 2.05) is 12.3 Å². The van der Waals surface area contributed by atoms with Crippen molar-refractivity contribution in [3.63, 3.8) is 0 Å². The summed E-state index contributed by atoms with van der Waals surface area (Å²) in [5, 5.41) is 3.06. The fourth-order valence-electron chi connectivity index (χ4n) is 1.50. The van der Waals surface area contributed by atoms with E-state index in [0.717, 1.165) is 16.5 Å². The minimum Gasteiger partial charge on any atom is -0.368 e. The lowest BCUT2D eigenvalue weighted by atomic mass is 9.96. The Morgan fingerprint density at radius 2 is 1.89 bits per heavy atom. The third kappa shape index (κ3) is 3.01. The van der Waals surface area contributed by atoms with Crippen molar-refractivity contribution in [3.05, 3.63) is 27.7 Å². The zero-order valence-electron chi connectivity index (χ0n) is 11.1. The molecule has 0 amide bonds. The fraction of sp³-hybridized carbons (Fsp3) is 0.500. The Morgan fingerprint density at radius 3 is 2.44 bits per heavy atom. The number of rotatable bonds is 2. The van der Waals surface area contributed by atoms with Gasteiger partial charge >= 0.3 is 0 Å². The molecule has 0 radical (unpaired) electrons. The summed E-state index contributed by atoms with van der Waals surface area (Å²) in [6.07, 6.45) is 0.597. The number of thiazole rings is 1. The Balaban J connectivity index is 2.31. The lowest BCUT2D eigenvalue weighted by Gasteiger charge is -2.16. The molecule has 2 heterocycles. The van der Waals surface area contributed by atoms with Crippen LogP contribution in [0.25, 0.3) is 0 Å². The normalized spacial score (nSPS) is 11.8. The van der Waals surface area contributed by atoms with Gasteiger partial charge in [0.15, 0.2) is 0 Å². The molecule has 0 saturated carbocycles. The molecule has 0 bridgehead atoms. The number of hydrogen-bond acceptors (Lipinski definition) is 6. The average molecular weight is 263 g/mol. The van der Waals surface area contributed by atoms with E-state index in [9.17, 15) is 0 Å². The van der Waals surface area contributed by atoms with Gasteiger partial charge < -0.3 is 5.73 Å². The van der Waals surface area contributed by atoms with Gasteiger partial charge in [-0.15, -0.1) is 11.3 Å². The molecule has 0 spiro atoms. The van der Waals surface area contributed by atoms with E-state index < -0.39 is 0 Å². The van der Waals surface area contributed by atoms with Gasteiger partial charge in [0.2, 0.25) is 5.95 Å². The average Bonchev–Trinajstić information content (AvgIpc) is 2.61. The second-order valence-corrected chi connectivity index (χ2v) is 6.28. The topological polar surface area (TPSA) is 77.6 Å². The molecule has 2 aromatic rings. The predicted octanol–water partition coefficient (Wildman–Crippen LogP) is 2.11. The number of nitrogens with two attached hydrogens (primary N) is 1. The Labute approximate surface area is 111 Å². The third-order valence-corrected chi connectivity index (χ3v) is 3.20. The first-order chi connectivity index (χ1) is 8.34. The molecule has 0 unspecified atom stereocenters. The van der Waals surface area contributed by atoms with Crippen molar-refractivity contribution in [2.75, 3.05) is 5.73 Å². The highest BCUT2D eigenvalue weighted by molar-refractivity contribution is 7.09. The van der Waals surface area contributed by atoms with Crippen molar-refractivity contribution < 1.29 is 0 Å². The van der Waals surface area contributed by atoms with Crippen molar-refractivity contribution in [3.8, 4) is 0 Å². The first-order valence-corrected chi connectivity index (χ1v) is 6.64. The molecule has 0 aliphatic rings. The van der Waals surface area contributed by atoms with Crippen LogP contribution in [0.3, 0.4) is 0 Å². The van der Waals surface area contributed by atoms with Crippen molar-refractivity contribution in [1.29, 1.82) is 0 Å². The van der Waals surface area contributed by atoms with E-state index in [-0.39, 0.29) is 11.4 Å². The van der Waals surface area contributed by atoms with Crippen LogP contribution in [0.15, 0.2) is 5.38 Å². The molecule has 2 N–H and O–H groups in total. The van der Waals surface area contributed by atoms with Gasteiger partial charge in [0.1, 0.15) is 11.6 Å². The van der Waals surface area contributed by atoms with Gasteiger partial charge in [-0.3, -0.25) is 0 Å². The maximum absolute atomic E-state index is 5.73. The molecule has 0 atom stereocenters. The first-order valence-electron chi connectivity index (χ1n) is 5.76. The molecule has 2 rings (SSSR count). The molecule has 6 heteroatoms. The van der Waals surface area contributed by atoms with Crippen molar-refractivity contribution >= 4 is 17.3 Å². The number of anilines is 1. The molecule has 18 heavy (non-hydrogen) atoms. The monoisotopic (exact) mass is 263 g/mol. The van der Waals surface area contributed by atoms with Crippen molar-refractivity contribution in [1.82, 2.24) is 19.9 Å². The number of aryl methyl sites for hydroxylation is 1. The highest BCUT2D eigenvalue weighted by Crippen LogP contribution is 2.19. The zero-order valence-corrected chi connectivity index (χ0v) is 11.9. The minimum absolute atomic E-state index is 0.135. The highest BCUT2D eigenvalue weighted by atomic mass is 32.1. The largest absolute Gasteiger partial charge is 0.368 e.